The number of nitrogens with zero attached hydrogens (tertiary/aromatic N) is 1. The zero-order valence-corrected chi connectivity index (χ0v) is 9.38. The van der Waals surface area contributed by atoms with E-state index < -0.39 is 11.6 Å². The van der Waals surface area contributed by atoms with Crippen molar-refractivity contribution in [3.63, 3.8) is 0 Å². The monoisotopic (exact) mass is 255 g/mol. The van der Waals surface area contributed by atoms with E-state index >= 15 is 0 Å². The van der Waals surface area contributed by atoms with Crippen molar-refractivity contribution in [3.05, 3.63) is 52.8 Å². The summed E-state index contributed by atoms with van der Waals surface area (Å²) >= 11 is 5.80. The highest BCUT2D eigenvalue weighted by Crippen LogP contribution is 2.29. The van der Waals surface area contributed by atoms with E-state index in [4.69, 9.17) is 11.6 Å². The predicted molar refractivity (Wildman–Crippen MR) is 60.5 cm³/mol. The second-order valence-electron chi connectivity index (χ2n) is 3.41. The Morgan fingerprint density at radius 1 is 1.18 bits per heavy atom. The van der Waals surface area contributed by atoms with Gasteiger partial charge in [-0.2, -0.15) is 0 Å². The number of hydrogen-bond acceptors (Lipinski definition) is 2. The number of halogens is 3. The number of hydrogen-bond donors (Lipinski definition) is 1. The van der Waals surface area contributed by atoms with E-state index in [-0.39, 0.29) is 17.3 Å². The third-order valence-electron chi connectivity index (χ3n) is 2.38. The molecule has 0 spiro atoms. The van der Waals surface area contributed by atoms with Gasteiger partial charge in [-0.3, -0.25) is 0 Å². The molecule has 2 rings (SSSR count). The Bertz CT molecular complexity index is 560. The van der Waals surface area contributed by atoms with Crippen LogP contribution in [-0.4, -0.2) is 10.1 Å². The number of benzene rings is 1. The molecule has 2 nitrogen and oxygen atoms in total. The van der Waals surface area contributed by atoms with E-state index in [1.807, 2.05) is 0 Å². The molecule has 0 aliphatic rings. The van der Waals surface area contributed by atoms with Crippen molar-refractivity contribution in [1.29, 1.82) is 0 Å². The molecular formula is C12H8ClF2NO. The molecule has 0 atom stereocenters. The van der Waals surface area contributed by atoms with Crippen LogP contribution in [0.3, 0.4) is 0 Å². The Balaban J connectivity index is 2.64. The van der Waals surface area contributed by atoms with Crippen molar-refractivity contribution in [2.75, 3.05) is 0 Å². The van der Waals surface area contributed by atoms with Crippen molar-refractivity contribution in [3.8, 4) is 11.1 Å². The molecule has 0 radical (unpaired) electrons. The molecule has 1 aromatic heterocycles. The van der Waals surface area contributed by atoms with Gasteiger partial charge >= 0.3 is 0 Å². The molecule has 1 N–H and O–H groups in total. The second kappa shape index (κ2) is 4.77. The summed E-state index contributed by atoms with van der Waals surface area (Å²) in [5.41, 5.74) is 0.907. The van der Waals surface area contributed by atoms with Gasteiger partial charge in [-0.05, 0) is 23.8 Å². The van der Waals surface area contributed by atoms with Crippen LogP contribution in [0.4, 0.5) is 8.78 Å². The van der Waals surface area contributed by atoms with Crippen LogP contribution in [0.2, 0.25) is 5.15 Å². The lowest BCUT2D eigenvalue weighted by Crippen LogP contribution is -1.95. The normalized spacial score (nSPS) is 10.6. The summed E-state index contributed by atoms with van der Waals surface area (Å²) in [6.45, 7) is -0.362. The first kappa shape index (κ1) is 12.0. The van der Waals surface area contributed by atoms with E-state index in [0.717, 1.165) is 12.1 Å². The maximum Gasteiger partial charge on any atom is 0.135 e. The first-order chi connectivity index (χ1) is 8.13. The Labute approximate surface area is 102 Å². The summed E-state index contributed by atoms with van der Waals surface area (Å²) in [6.07, 6.45) is 1.40. The minimum absolute atomic E-state index is 0.105. The van der Waals surface area contributed by atoms with Crippen molar-refractivity contribution >= 4 is 11.6 Å². The molecule has 1 heterocycles. The van der Waals surface area contributed by atoms with Crippen LogP contribution in [0.15, 0.2) is 30.5 Å². The fraction of sp³-hybridized carbons (Fsp3) is 0.0833. The largest absolute Gasteiger partial charge is 0.392 e. The maximum atomic E-state index is 13.6. The van der Waals surface area contributed by atoms with Crippen LogP contribution in [0.5, 0.6) is 0 Å². The zero-order chi connectivity index (χ0) is 12.4. The lowest BCUT2D eigenvalue weighted by molar-refractivity contribution is 0.282. The maximum absolute atomic E-state index is 13.6. The summed E-state index contributed by atoms with van der Waals surface area (Å²) < 4.78 is 26.4. The first-order valence-corrected chi connectivity index (χ1v) is 5.21. The van der Waals surface area contributed by atoms with Gasteiger partial charge in [0.05, 0.1) is 6.61 Å². The fourth-order valence-electron chi connectivity index (χ4n) is 1.58. The molecule has 0 fully saturated rings. The molecule has 2 aromatic rings. The van der Waals surface area contributed by atoms with Crippen LogP contribution in [0.25, 0.3) is 11.1 Å². The van der Waals surface area contributed by atoms with Crippen LogP contribution in [-0.2, 0) is 6.61 Å². The Morgan fingerprint density at radius 2 is 1.94 bits per heavy atom. The number of pyridine rings is 1. The van der Waals surface area contributed by atoms with Crippen LogP contribution < -0.4 is 0 Å². The Kier molecular flexibility index (Phi) is 3.36. The molecule has 0 aliphatic heterocycles. The fourth-order valence-corrected chi connectivity index (χ4v) is 1.80. The van der Waals surface area contributed by atoms with Crippen molar-refractivity contribution in [2.45, 2.75) is 6.61 Å². The Hall–Kier alpha value is -1.52. The van der Waals surface area contributed by atoms with Gasteiger partial charge in [0.2, 0.25) is 0 Å². The van der Waals surface area contributed by atoms with Crippen molar-refractivity contribution < 1.29 is 13.9 Å². The zero-order valence-electron chi connectivity index (χ0n) is 8.62. The van der Waals surface area contributed by atoms with Crippen molar-refractivity contribution in [1.82, 2.24) is 4.98 Å². The van der Waals surface area contributed by atoms with Gasteiger partial charge in [0.1, 0.15) is 16.8 Å². The van der Waals surface area contributed by atoms with Gasteiger partial charge < -0.3 is 5.11 Å². The molecule has 0 unspecified atom stereocenters. The molecule has 0 bridgehead atoms. The summed E-state index contributed by atoms with van der Waals surface area (Å²) in [7, 11) is 0. The SMILES string of the molecule is OCc1c(-c2ccc(F)cc2F)ccnc1Cl. The highest BCUT2D eigenvalue weighted by molar-refractivity contribution is 6.30. The molecule has 5 heteroatoms. The molecule has 0 saturated heterocycles. The molecule has 88 valence electrons. The average molecular weight is 256 g/mol. The quantitative estimate of drug-likeness (QED) is 0.836. The second-order valence-corrected chi connectivity index (χ2v) is 3.77. The van der Waals surface area contributed by atoms with Crippen LogP contribution in [0.1, 0.15) is 5.56 Å². The van der Waals surface area contributed by atoms with E-state index in [1.165, 1.54) is 18.3 Å². The standard InChI is InChI=1S/C12H8ClF2NO/c13-12-10(6-17)8(3-4-16-12)9-2-1-7(14)5-11(9)15/h1-5,17H,6H2. The topological polar surface area (TPSA) is 33.1 Å². The first-order valence-electron chi connectivity index (χ1n) is 4.83. The average Bonchev–Trinajstić information content (AvgIpc) is 2.29. The van der Waals surface area contributed by atoms with Crippen molar-refractivity contribution in [2.24, 2.45) is 0 Å². The molecule has 1 aromatic carbocycles. The summed E-state index contributed by atoms with van der Waals surface area (Å²) in [4.78, 5) is 3.79. The number of rotatable bonds is 2. The van der Waals surface area contributed by atoms with E-state index in [9.17, 15) is 13.9 Å². The minimum Gasteiger partial charge on any atom is -0.392 e. The molecular weight excluding hydrogens is 248 g/mol. The number of aliphatic hydroxyl groups excluding tert-OH is 1. The van der Waals surface area contributed by atoms with Gasteiger partial charge in [0, 0.05) is 23.4 Å². The van der Waals surface area contributed by atoms with E-state index in [2.05, 4.69) is 4.98 Å². The highest BCUT2D eigenvalue weighted by atomic mass is 35.5. The summed E-state index contributed by atoms with van der Waals surface area (Å²) in [6, 6.07) is 4.75. The molecule has 17 heavy (non-hydrogen) atoms. The smallest absolute Gasteiger partial charge is 0.135 e. The summed E-state index contributed by atoms with van der Waals surface area (Å²) in [5.74, 6) is -1.36. The van der Waals surface area contributed by atoms with E-state index in [0.29, 0.717) is 11.1 Å². The van der Waals surface area contributed by atoms with Crippen LogP contribution in [0, 0.1) is 11.6 Å². The number of aliphatic hydroxyl groups is 1. The molecule has 0 amide bonds. The van der Waals surface area contributed by atoms with E-state index in [1.54, 1.807) is 0 Å². The predicted octanol–water partition coefficient (Wildman–Crippen LogP) is 3.17. The highest BCUT2D eigenvalue weighted by Gasteiger charge is 2.13. The van der Waals surface area contributed by atoms with Gasteiger partial charge in [0.25, 0.3) is 0 Å². The molecule has 0 aliphatic carbocycles. The summed E-state index contributed by atoms with van der Waals surface area (Å²) in [5, 5.41) is 9.29. The molecule has 0 saturated carbocycles. The third-order valence-corrected chi connectivity index (χ3v) is 2.71. The van der Waals surface area contributed by atoms with Gasteiger partial charge in [-0.1, -0.05) is 11.6 Å². The van der Waals surface area contributed by atoms with Gasteiger partial charge in [-0.25, -0.2) is 13.8 Å². The minimum atomic E-state index is -0.707. The van der Waals surface area contributed by atoms with Gasteiger partial charge in [-0.15, -0.1) is 0 Å². The third kappa shape index (κ3) is 2.28. The lowest BCUT2D eigenvalue weighted by atomic mass is 10.0. The lowest BCUT2D eigenvalue weighted by Gasteiger charge is -2.09. The van der Waals surface area contributed by atoms with Crippen LogP contribution >= 0.6 is 11.6 Å². The van der Waals surface area contributed by atoms with Gasteiger partial charge in [0.15, 0.2) is 0 Å². The number of aromatic nitrogens is 1. The Morgan fingerprint density at radius 3 is 2.59 bits per heavy atom.